The number of nitrogens with one attached hydrogen (secondary N) is 1. The van der Waals surface area contributed by atoms with Gasteiger partial charge in [0, 0.05) is 35.3 Å². The van der Waals surface area contributed by atoms with Gasteiger partial charge in [-0.2, -0.15) is 0 Å². The molecule has 1 saturated heterocycles. The Morgan fingerprint density at radius 1 is 1.03 bits per heavy atom. The van der Waals surface area contributed by atoms with Crippen molar-refractivity contribution < 1.29 is 9.18 Å². The van der Waals surface area contributed by atoms with E-state index < -0.39 is 0 Å². The summed E-state index contributed by atoms with van der Waals surface area (Å²) in [6, 6.07) is 17.1. The number of rotatable bonds is 4. The zero-order valence-corrected chi connectivity index (χ0v) is 16.4. The molecule has 5 nitrogen and oxygen atoms in total. The van der Waals surface area contributed by atoms with E-state index in [1.165, 1.54) is 12.1 Å². The normalized spacial score (nSPS) is 14.6. The number of aromatic nitrogens is 2. The summed E-state index contributed by atoms with van der Waals surface area (Å²) < 4.78 is 13.4. The fourth-order valence-corrected chi connectivity index (χ4v) is 3.57. The summed E-state index contributed by atoms with van der Waals surface area (Å²) in [5, 5.41) is 12.1. The monoisotopic (exact) mass is 410 g/mol. The summed E-state index contributed by atoms with van der Waals surface area (Å²) >= 11 is 5.88. The van der Waals surface area contributed by atoms with Crippen LogP contribution in [0.25, 0.3) is 11.3 Å². The van der Waals surface area contributed by atoms with Crippen LogP contribution in [0.5, 0.6) is 0 Å². The van der Waals surface area contributed by atoms with Gasteiger partial charge >= 0.3 is 0 Å². The van der Waals surface area contributed by atoms with Crippen LogP contribution in [0.3, 0.4) is 0 Å². The molecule has 4 rings (SSSR count). The van der Waals surface area contributed by atoms with Gasteiger partial charge in [-0.15, -0.1) is 10.2 Å². The number of halogens is 2. The molecule has 3 aromatic rings. The standard InChI is InChI=1S/C22H20ClFN4O/c23-17-4-6-19(7-5-17)25-22(29)15-10-12-28(13-11-15)21-9-8-20(26-27-21)16-2-1-3-18(24)14-16/h1-9,14-15H,10-13H2,(H,25,29). The fourth-order valence-electron chi connectivity index (χ4n) is 3.44. The SMILES string of the molecule is O=C(Nc1ccc(Cl)cc1)C1CCN(c2ccc(-c3cccc(F)c3)nn2)CC1. The van der Waals surface area contributed by atoms with Crippen molar-refractivity contribution in [2.24, 2.45) is 5.92 Å². The van der Waals surface area contributed by atoms with Crippen LogP contribution in [0.2, 0.25) is 5.02 Å². The van der Waals surface area contributed by atoms with Gasteiger partial charge in [0.25, 0.3) is 0 Å². The first-order valence-electron chi connectivity index (χ1n) is 9.49. The lowest BCUT2D eigenvalue weighted by molar-refractivity contribution is -0.120. The van der Waals surface area contributed by atoms with Crippen molar-refractivity contribution in [3.63, 3.8) is 0 Å². The molecule has 29 heavy (non-hydrogen) atoms. The van der Waals surface area contributed by atoms with Crippen LogP contribution in [0.15, 0.2) is 60.7 Å². The molecule has 0 bridgehead atoms. The number of piperidine rings is 1. The number of anilines is 2. The first kappa shape index (κ1) is 19.3. The van der Waals surface area contributed by atoms with Gasteiger partial charge in [0.1, 0.15) is 5.82 Å². The van der Waals surface area contributed by atoms with Crippen molar-refractivity contribution in [1.82, 2.24) is 10.2 Å². The molecule has 0 aliphatic carbocycles. The molecule has 1 N–H and O–H groups in total. The number of hydrogen-bond donors (Lipinski definition) is 1. The van der Waals surface area contributed by atoms with Gasteiger partial charge in [-0.25, -0.2) is 4.39 Å². The number of carbonyl (C=O) groups is 1. The van der Waals surface area contributed by atoms with Gasteiger partial charge in [0.2, 0.25) is 5.91 Å². The van der Waals surface area contributed by atoms with Crippen LogP contribution in [0, 0.1) is 11.7 Å². The molecular weight excluding hydrogens is 391 g/mol. The Labute approximate surface area is 173 Å². The zero-order chi connectivity index (χ0) is 20.2. The van der Waals surface area contributed by atoms with Crippen LogP contribution in [-0.2, 0) is 4.79 Å². The van der Waals surface area contributed by atoms with Crippen LogP contribution in [0.4, 0.5) is 15.9 Å². The van der Waals surface area contributed by atoms with Crippen molar-refractivity contribution in [3.8, 4) is 11.3 Å². The van der Waals surface area contributed by atoms with E-state index >= 15 is 0 Å². The van der Waals surface area contributed by atoms with E-state index in [1.807, 2.05) is 12.1 Å². The highest BCUT2D eigenvalue weighted by Crippen LogP contribution is 2.25. The first-order chi connectivity index (χ1) is 14.1. The lowest BCUT2D eigenvalue weighted by Crippen LogP contribution is -2.38. The predicted molar refractivity (Wildman–Crippen MR) is 112 cm³/mol. The predicted octanol–water partition coefficient (Wildman–Crippen LogP) is 4.79. The molecule has 0 saturated carbocycles. The van der Waals surface area contributed by atoms with Gasteiger partial charge in [0.15, 0.2) is 5.82 Å². The van der Waals surface area contributed by atoms with Gasteiger partial charge in [0.05, 0.1) is 5.69 Å². The Hall–Kier alpha value is -2.99. The summed E-state index contributed by atoms with van der Waals surface area (Å²) in [4.78, 5) is 14.6. The third-order valence-corrected chi connectivity index (χ3v) is 5.32. The Morgan fingerprint density at radius 3 is 2.45 bits per heavy atom. The molecule has 148 valence electrons. The quantitative estimate of drug-likeness (QED) is 0.671. The van der Waals surface area contributed by atoms with Crippen LogP contribution in [-0.4, -0.2) is 29.2 Å². The van der Waals surface area contributed by atoms with Gasteiger partial charge in [-0.05, 0) is 61.4 Å². The highest BCUT2D eigenvalue weighted by Gasteiger charge is 2.26. The minimum Gasteiger partial charge on any atom is -0.355 e. The Kier molecular flexibility index (Phi) is 5.71. The zero-order valence-electron chi connectivity index (χ0n) is 15.7. The molecule has 1 fully saturated rings. The highest BCUT2D eigenvalue weighted by molar-refractivity contribution is 6.30. The third kappa shape index (κ3) is 4.71. The molecule has 1 aromatic heterocycles. The topological polar surface area (TPSA) is 58.1 Å². The maximum atomic E-state index is 13.4. The fraction of sp³-hybridized carbons (Fsp3) is 0.227. The van der Waals surface area contributed by atoms with Crippen LogP contribution in [0.1, 0.15) is 12.8 Å². The average molecular weight is 411 g/mol. The number of amides is 1. The van der Waals surface area contributed by atoms with E-state index in [0.717, 1.165) is 37.4 Å². The van der Waals surface area contributed by atoms with Crippen molar-refractivity contribution in [3.05, 3.63) is 71.5 Å². The lowest BCUT2D eigenvalue weighted by atomic mass is 9.96. The summed E-state index contributed by atoms with van der Waals surface area (Å²) in [6.07, 6.45) is 1.49. The van der Waals surface area contributed by atoms with Crippen molar-refractivity contribution in [1.29, 1.82) is 0 Å². The van der Waals surface area contributed by atoms with Gasteiger partial charge < -0.3 is 10.2 Å². The largest absolute Gasteiger partial charge is 0.355 e. The van der Waals surface area contributed by atoms with Crippen molar-refractivity contribution in [2.75, 3.05) is 23.3 Å². The molecule has 0 unspecified atom stereocenters. The summed E-state index contributed by atoms with van der Waals surface area (Å²) in [5.41, 5.74) is 2.08. The van der Waals surface area contributed by atoms with Crippen molar-refractivity contribution in [2.45, 2.75) is 12.8 Å². The molecule has 0 radical (unpaired) electrons. The second-order valence-corrected chi connectivity index (χ2v) is 7.48. The number of carbonyl (C=O) groups excluding carboxylic acids is 1. The Bertz CT molecular complexity index is 986. The lowest BCUT2D eigenvalue weighted by Gasteiger charge is -2.31. The third-order valence-electron chi connectivity index (χ3n) is 5.07. The molecule has 1 amide bonds. The number of nitrogens with zero attached hydrogens (tertiary/aromatic N) is 3. The van der Waals surface area contributed by atoms with Crippen molar-refractivity contribution >= 4 is 29.0 Å². The summed E-state index contributed by atoms with van der Waals surface area (Å²) in [6.45, 7) is 1.46. The molecule has 1 aliphatic heterocycles. The highest BCUT2D eigenvalue weighted by atomic mass is 35.5. The minimum absolute atomic E-state index is 0.0273. The first-order valence-corrected chi connectivity index (χ1v) is 9.87. The average Bonchev–Trinajstić information content (AvgIpc) is 2.75. The molecular formula is C22H20ClFN4O. The van der Waals surface area contributed by atoms with E-state index in [-0.39, 0.29) is 17.6 Å². The molecule has 2 heterocycles. The van der Waals surface area contributed by atoms with Crippen LogP contribution < -0.4 is 10.2 Å². The maximum absolute atomic E-state index is 13.4. The van der Waals surface area contributed by atoms with E-state index in [2.05, 4.69) is 20.4 Å². The van der Waals surface area contributed by atoms with E-state index in [4.69, 9.17) is 11.6 Å². The van der Waals surface area contributed by atoms with E-state index in [0.29, 0.717) is 16.3 Å². The van der Waals surface area contributed by atoms with Gasteiger partial charge in [-0.1, -0.05) is 23.7 Å². The minimum atomic E-state index is -0.299. The summed E-state index contributed by atoms with van der Waals surface area (Å²) in [7, 11) is 0. The number of benzene rings is 2. The molecule has 1 aliphatic rings. The smallest absolute Gasteiger partial charge is 0.227 e. The summed E-state index contributed by atoms with van der Waals surface area (Å²) in [5.74, 6) is 0.454. The van der Waals surface area contributed by atoms with E-state index in [1.54, 1.807) is 36.4 Å². The molecule has 2 aromatic carbocycles. The van der Waals surface area contributed by atoms with Crippen LogP contribution >= 0.6 is 11.6 Å². The molecule has 0 atom stereocenters. The number of hydrogen-bond acceptors (Lipinski definition) is 4. The maximum Gasteiger partial charge on any atom is 0.227 e. The van der Waals surface area contributed by atoms with E-state index in [9.17, 15) is 9.18 Å². The molecule has 0 spiro atoms. The molecule has 7 heteroatoms. The Morgan fingerprint density at radius 2 is 1.79 bits per heavy atom. The Balaban J connectivity index is 1.34. The second-order valence-electron chi connectivity index (χ2n) is 7.04. The van der Waals surface area contributed by atoms with Gasteiger partial charge in [-0.3, -0.25) is 4.79 Å². The second kappa shape index (κ2) is 8.57.